The van der Waals surface area contributed by atoms with E-state index in [0.717, 1.165) is 0 Å². The van der Waals surface area contributed by atoms with Crippen molar-refractivity contribution in [3.05, 3.63) is 35.9 Å². The molecule has 0 bridgehead atoms. The Hall–Kier alpha value is -0.450. The SMILES string of the molecule is CC(c1ccccc1)C(O)C(Cl)(Cl)C(F)(F)F. The van der Waals surface area contributed by atoms with Gasteiger partial charge in [-0.3, -0.25) is 0 Å². The van der Waals surface area contributed by atoms with Crippen LogP contribution in [0.25, 0.3) is 0 Å². The minimum absolute atomic E-state index is 0.537. The zero-order valence-corrected chi connectivity index (χ0v) is 10.4. The molecule has 17 heavy (non-hydrogen) atoms. The lowest BCUT2D eigenvalue weighted by Gasteiger charge is -2.32. The van der Waals surface area contributed by atoms with Gasteiger partial charge < -0.3 is 5.11 Å². The van der Waals surface area contributed by atoms with E-state index in [-0.39, 0.29) is 0 Å². The Morgan fingerprint density at radius 1 is 1.12 bits per heavy atom. The second kappa shape index (κ2) is 5.04. The third-order valence-electron chi connectivity index (χ3n) is 2.55. The average molecular weight is 287 g/mol. The number of rotatable bonds is 3. The summed E-state index contributed by atoms with van der Waals surface area (Å²) in [5.74, 6) is -0.826. The zero-order chi connectivity index (χ0) is 13.3. The van der Waals surface area contributed by atoms with Crippen molar-refractivity contribution in [3.8, 4) is 0 Å². The predicted octanol–water partition coefficient (Wildman–Crippen LogP) is 3.89. The van der Waals surface area contributed by atoms with Gasteiger partial charge in [0, 0.05) is 5.92 Å². The standard InChI is InChI=1S/C11H11Cl2F3O/c1-7(8-5-3-2-4-6-8)9(17)10(12,13)11(14,15)16/h2-7,9,17H,1H3. The molecule has 0 spiro atoms. The maximum Gasteiger partial charge on any atom is 0.424 e. The van der Waals surface area contributed by atoms with E-state index in [0.29, 0.717) is 5.56 Å². The van der Waals surface area contributed by atoms with Crippen molar-refractivity contribution in [2.75, 3.05) is 0 Å². The molecule has 1 aromatic carbocycles. The summed E-state index contributed by atoms with van der Waals surface area (Å²) in [4.78, 5) is 0. The quantitative estimate of drug-likeness (QED) is 0.836. The van der Waals surface area contributed by atoms with Crippen LogP contribution < -0.4 is 0 Å². The molecule has 0 heterocycles. The molecule has 1 N–H and O–H groups in total. The van der Waals surface area contributed by atoms with Crippen molar-refractivity contribution < 1.29 is 18.3 Å². The van der Waals surface area contributed by atoms with E-state index in [1.807, 2.05) is 0 Å². The fourth-order valence-corrected chi connectivity index (χ4v) is 1.80. The number of halogens is 5. The second-order valence-corrected chi connectivity index (χ2v) is 5.15. The first-order valence-corrected chi connectivity index (χ1v) is 5.61. The monoisotopic (exact) mass is 286 g/mol. The van der Waals surface area contributed by atoms with Crippen LogP contribution in [0.15, 0.2) is 30.3 Å². The molecule has 1 nitrogen and oxygen atoms in total. The van der Waals surface area contributed by atoms with Gasteiger partial charge in [-0.1, -0.05) is 60.5 Å². The molecule has 0 radical (unpaired) electrons. The molecule has 1 rings (SSSR count). The summed E-state index contributed by atoms with van der Waals surface area (Å²) in [6, 6.07) is 8.26. The van der Waals surface area contributed by atoms with Crippen molar-refractivity contribution in [2.24, 2.45) is 0 Å². The minimum Gasteiger partial charge on any atom is -0.389 e. The highest BCUT2D eigenvalue weighted by atomic mass is 35.5. The molecule has 0 saturated carbocycles. The van der Waals surface area contributed by atoms with Crippen LogP contribution in [0.1, 0.15) is 18.4 Å². The van der Waals surface area contributed by atoms with Gasteiger partial charge in [-0.25, -0.2) is 0 Å². The first kappa shape index (κ1) is 14.6. The fourth-order valence-electron chi connectivity index (χ4n) is 1.42. The van der Waals surface area contributed by atoms with Crippen molar-refractivity contribution in [3.63, 3.8) is 0 Å². The molecule has 0 aliphatic heterocycles. The van der Waals surface area contributed by atoms with Crippen molar-refractivity contribution >= 4 is 23.2 Å². The van der Waals surface area contributed by atoms with Gasteiger partial charge >= 0.3 is 6.18 Å². The van der Waals surface area contributed by atoms with Gasteiger partial charge in [0.2, 0.25) is 4.33 Å². The Morgan fingerprint density at radius 3 is 2.00 bits per heavy atom. The van der Waals surface area contributed by atoms with Crippen LogP contribution in [0.4, 0.5) is 13.2 Å². The van der Waals surface area contributed by atoms with Crippen LogP contribution in [0.2, 0.25) is 0 Å². The molecule has 0 fully saturated rings. The van der Waals surface area contributed by atoms with Crippen LogP contribution in [-0.4, -0.2) is 21.7 Å². The van der Waals surface area contributed by atoms with Gasteiger partial charge in [0.15, 0.2) is 0 Å². The molecule has 0 saturated heterocycles. The van der Waals surface area contributed by atoms with E-state index in [4.69, 9.17) is 23.2 Å². The van der Waals surface area contributed by atoms with Crippen molar-refractivity contribution in [2.45, 2.75) is 29.5 Å². The van der Waals surface area contributed by atoms with E-state index >= 15 is 0 Å². The van der Waals surface area contributed by atoms with Crippen molar-refractivity contribution in [1.29, 1.82) is 0 Å². The molecule has 96 valence electrons. The lowest BCUT2D eigenvalue weighted by Crippen LogP contribution is -2.47. The number of alkyl halides is 5. The topological polar surface area (TPSA) is 20.2 Å². The van der Waals surface area contributed by atoms with Crippen LogP contribution in [-0.2, 0) is 0 Å². The van der Waals surface area contributed by atoms with Gasteiger partial charge in [0.1, 0.15) is 6.10 Å². The summed E-state index contributed by atoms with van der Waals surface area (Å²) in [7, 11) is 0. The van der Waals surface area contributed by atoms with Crippen LogP contribution in [0, 0.1) is 0 Å². The maximum atomic E-state index is 12.5. The van der Waals surface area contributed by atoms with Crippen LogP contribution in [0.3, 0.4) is 0 Å². The summed E-state index contributed by atoms with van der Waals surface area (Å²) in [6.07, 6.45) is -6.83. The molecular weight excluding hydrogens is 276 g/mol. The number of benzene rings is 1. The average Bonchev–Trinajstić information content (AvgIpc) is 2.26. The number of hydrogen-bond acceptors (Lipinski definition) is 1. The molecule has 0 aliphatic carbocycles. The molecule has 0 aromatic heterocycles. The number of hydrogen-bond donors (Lipinski definition) is 1. The normalized spacial score (nSPS) is 16.6. The van der Waals surface area contributed by atoms with Crippen molar-refractivity contribution in [1.82, 2.24) is 0 Å². The summed E-state index contributed by atoms with van der Waals surface area (Å²) in [5.41, 5.74) is 0.537. The van der Waals surface area contributed by atoms with Gasteiger partial charge in [0.25, 0.3) is 0 Å². The van der Waals surface area contributed by atoms with Gasteiger partial charge in [-0.15, -0.1) is 0 Å². The van der Waals surface area contributed by atoms with Crippen LogP contribution in [0.5, 0.6) is 0 Å². The summed E-state index contributed by atoms with van der Waals surface area (Å²) in [6.45, 7) is 1.44. The highest BCUT2D eigenvalue weighted by molar-refractivity contribution is 6.49. The third kappa shape index (κ3) is 3.06. The Labute approximate surface area is 107 Å². The lowest BCUT2D eigenvalue weighted by molar-refractivity contribution is -0.163. The summed E-state index contributed by atoms with van der Waals surface area (Å²) >= 11 is 10.4. The molecule has 6 heteroatoms. The maximum absolute atomic E-state index is 12.5. The largest absolute Gasteiger partial charge is 0.424 e. The first-order chi connectivity index (χ1) is 7.68. The first-order valence-electron chi connectivity index (χ1n) is 4.85. The van der Waals surface area contributed by atoms with Gasteiger partial charge in [0.05, 0.1) is 0 Å². The number of aliphatic hydroxyl groups is 1. The molecular formula is C11H11Cl2F3O. The van der Waals surface area contributed by atoms with E-state index in [1.54, 1.807) is 30.3 Å². The lowest BCUT2D eigenvalue weighted by atomic mass is 9.93. The van der Waals surface area contributed by atoms with Gasteiger partial charge in [-0.05, 0) is 5.56 Å². The number of aliphatic hydroxyl groups excluding tert-OH is 1. The summed E-state index contributed by atoms with van der Waals surface area (Å²) < 4.78 is 34.4. The molecule has 2 unspecified atom stereocenters. The molecule has 2 atom stereocenters. The smallest absolute Gasteiger partial charge is 0.389 e. The van der Waals surface area contributed by atoms with Gasteiger partial charge in [-0.2, -0.15) is 13.2 Å². The van der Waals surface area contributed by atoms with E-state index in [2.05, 4.69) is 0 Å². The van der Waals surface area contributed by atoms with E-state index in [1.165, 1.54) is 6.92 Å². The van der Waals surface area contributed by atoms with E-state index in [9.17, 15) is 18.3 Å². The Kier molecular flexibility index (Phi) is 4.33. The molecule has 0 aliphatic rings. The third-order valence-corrected chi connectivity index (χ3v) is 3.42. The molecule has 1 aromatic rings. The highest BCUT2D eigenvalue weighted by Gasteiger charge is 2.58. The fraction of sp³-hybridized carbons (Fsp3) is 0.455. The predicted molar refractivity (Wildman–Crippen MR) is 61.4 cm³/mol. The van der Waals surface area contributed by atoms with Crippen LogP contribution >= 0.6 is 23.2 Å². The van der Waals surface area contributed by atoms with E-state index < -0.39 is 22.5 Å². The Balaban J connectivity index is 2.95. The zero-order valence-electron chi connectivity index (χ0n) is 8.88. The minimum atomic E-state index is -4.89. The summed E-state index contributed by atoms with van der Waals surface area (Å²) in [5, 5.41) is 9.65. The Morgan fingerprint density at radius 2 is 1.59 bits per heavy atom. The highest BCUT2D eigenvalue weighted by Crippen LogP contribution is 2.46. The Bertz CT molecular complexity index is 365. The molecule has 0 amide bonds. The second-order valence-electron chi connectivity index (χ2n) is 3.76.